The van der Waals surface area contributed by atoms with Crippen LogP contribution in [0.5, 0.6) is 0 Å². The summed E-state index contributed by atoms with van der Waals surface area (Å²) in [7, 11) is 0. The number of hydrogen-bond acceptors (Lipinski definition) is 3. The number of carbonyl (C=O) groups is 2. The predicted molar refractivity (Wildman–Crippen MR) is 199 cm³/mol. The lowest BCUT2D eigenvalue weighted by atomic mass is 10.0. The number of unbranched alkanes of at least 4 members (excludes halogenated alkanes) is 21. The summed E-state index contributed by atoms with van der Waals surface area (Å²) in [5.41, 5.74) is 0. The second kappa shape index (κ2) is 37.6. The summed E-state index contributed by atoms with van der Waals surface area (Å²) in [4.78, 5) is 23.2. The van der Waals surface area contributed by atoms with Crippen LogP contribution in [0.3, 0.4) is 0 Å². The van der Waals surface area contributed by atoms with E-state index < -0.39 is 5.97 Å². The van der Waals surface area contributed by atoms with Gasteiger partial charge in [-0.1, -0.05) is 166 Å². The number of rotatable bonds is 36. The molecular weight excluding hydrogens is 568 g/mol. The van der Waals surface area contributed by atoms with Gasteiger partial charge in [0.1, 0.15) is 6.10 Å². The highest BCUT2D eigenvalue weighted by Crippen LogP contribution is 2.19. The molecule has 1 unspecified atom stereocenters. The third-order valence-corrected chi connectivity index (χ3v) is 8.88. The van der Waals surface area contributed by atoms with Crippen LogP contribution in [0.4, 0.5) is 0 Å². The minimum Gasteiger partial charge on any atom is -0.481 e. The van der Waals surface area contributed by atoms with Crippen LogP contribution in [0.1, 0.15) is 213 Å². The summed E-state index contributed by atoms with van der Waals surface area (Å²) in [6.45, 7) is 4.43. The largest absolute Gasteiger partial charge is 0.481 e. The van der Waals surface area contributed by atoms with Gasteiger partial charge < -0.3 is 9.84 Å². The lowest BCUT2D eigenvalue weighted by Gasteiger charge is -2.18. The molecule has 4 nitrogen and oxygen atoms in total. The zero-order valence-corrected chi connectivity index (χ0v) is 30.6. The van der Waals surface area contributed by atoms with Gasteiger partial charge in [0.25, 0.3) is 0 Å². The van der Waals surface area contributed by atoms with Crippen LogP contribution < -0.4 is 0 Å². The first kappa shape index (κ1) is 44.2. The predicted octanol–water partition coefficient (Wildman–Crippen LogP) is 13.8. The number of ether oxygens (including phenoxy) is 1. The summed E-state index contributed by atoms with van der Waals surface area (Å²) >= 11 is 0. The van der Waals surface area contributed by atoms with Gasteiger partial charge in [0.15, 0.2) is 0 Å². The maximum absolute atomic E-state index is 12.7. The Bertz CT molecular complexity index is 738. The highest BCUT2D eigenvalue weighted by Gasteiger charge is 2.14. The number of esters is 1. The number of carboxylic acids is 1. The van der Waals surface area contributed by atoms with Crippen molar-refractivity contribution in [3.63, 3.8) is 0 Å². The SMILES string of the molecule is CC/C=C\C/C=C\C/C=C\CCCCCCCCCC(=O)OC(CCCCCCCC)CCCCCCCCCCCCC(=O)O. The molecule has 1 atom stereocenters. The van der Waals surface area contributed by atoms with Crippen molar-refractivity contribution < 1.29 is 19.4 Å². The molecule has 0 bridgehead atoms. The molecule has 0 aliphatic heterocycles. The number of carbonyl (C=O) groups excluding carboxylic acids is 1. The minimum absolute atomic E-state index is 0.0263. The maximum atomic E-state index is 12.7. The van der Waals surface area contributed by atoms with E-state index in [2.05, 4.69) is 50.3 Å². The first-order chi connectivity index (χ1) is 22.6. The van der Waals surface area contributed by atoms with Gasteiger partial charge in [0.2, 0.25) is 0 Å². The fraction of sp³-hybridized carbons (Fsp3) is 0.810. The van der Waals surface area contributed by atoms with Crippen molar-refractivity contribution in [2.45, 2.75) is 219 Å². The van der Waals surface area contributed by atoms with Crippen LogP contribution in [-0.4, -0.2) is 23.1 Å². The molecule has 0 fully saturated rings. The lowest BCUT2D eigenvalue weighted by Crippen LogP contribution is -2.18. The minimum atomic E-state index is -0.675. The molecule has 0 saturated carbocycles. The molecule has 0 saturated heterocycles. The molecule has 0 radical (unpaired) electrons. The molecule has 4 heteroatoms. The number of allylic oxidation sites excluding steroid dienone is 6. The Kier molecular flexibility index (Phi) is 36.1. The van der Waals surface area contributed by atoms with Gasteiger partial charge in [-0.05, 0) is 70.6 Å². The van der Waals surface area contributed by atoms with Crippen molar-refractivity contribution in [3.8, 4) is 0 Å². The van der Waals surface area contributed by atoms with E-state index in [0.29, 0.717) is 12.8 Å². The quantitative estimate of drug-likeness (QED) is 0.0419. The molecule has 1 N–H and O–H groups in total. The van der Waals surface area contributed by atoms with E-state index in [1.807, 2.05) is 0 Å². The van der Waals surface area contributed by atoms with Gasteiger partial charge in [-0.3, -0.25) is 9.59 Å². The molecule has 0 amide bonds. The molecule has 268 valence electrons. The molecule has 0 aliphatic rings. The van der Waals surface area contributed by atoms with E-state index in [4.69, 9.17) is 9.84 Å². The normalized spacial score (nSPS) is 12.6. The van der Waals surface area contributed by atoms with Gasteiger partial charge in [-0.25, -0.2) is 0 Å². The van der Waals surface area contributed by atoms with Crippen molar-refractivity contribution in [1.29, 1.82) is 0 Å². The van der Waals surface area contributed by atoms with E-state index >= 15 is 0 Å². The standard InChI is InChI=1S/C42H76O4/c1-3-5-7-9-11-12-13-14-15-16-17-18-19-24-27-31-35-39-42(45)46-40(36-32-28-10-8-6-4-2)37-33-29-25-22-20-21-23-26-30-34-38-41(43)44/h5,7,11-12,14-15,40H,3-4,6,8-10,13,16-39H2,1-2H3,(H,43,44)/b7-5-,12-11-,15-14-. The Balaban J connectivity index is 3.94. The number of hydrogen-bond donors (Lipinski definition) is 1. The number of aliphatic carboxylic acids is 1. The van der Waals surface area contributed by atoms with E-state index in [1.165, 1.54) is 116 Å². The van der Waals surface area contributed by atoms with Crippen LogP contribution in [0.25, 0.3) is 0 Å². The summed E-state index contributed by atoms with van der Waals surface area (Å²) in [5, 5.41) is 8.71. The van der Waals surface area contributed by atoms with Crippen molar-refractivity contribution in [2.75, 3.05) is 0 Å². The van der Waals surface area contributed by atoms with Gasteiger partial charge in [0.05, 0.1) is 0 Å². The smallest absolute Gasteiger partial charge is 0.306 e. The molecule has 0 rings (SSSR count). The van der Waals surface area contributed by atoms with Crippen molar-refractivity contribution in [2.24, 2.45) is 0 Å². The van der Waals surface area contributed by atoms with Crippen LogP contribution in [0, 0.1) is 0 Å². The summed E-state index contributed by atoms with van der Waals surface area (Å²) in [5.74, 6) is -0.649. The summed E-state index contributed by atoms with van der Waals surface area (Å²) in [6.07, 6.45) is 48.9. The average Bonchev–Trinajstić information content (AvgIpc) is 3.04. The Morgan fingerprint density at radius 3 is 1.41 bits per heavy atom. The fourth-order valence-corrected chi connectivity index (χ4v) is 5.96. The average molecular weight is 645 g/mol. The van der Waals surface area contributed by atoms with E-state index in [0.717, 1.165) is 70.6 Å². The summed E-state index contributed by atoms with van der Waals surface area (Å²) < 4.78 is 6.02. The molecule has 0 aromatic rings. The highest BCUT2D eigenvalue weighted by atomic mass is 16.5. The Morgan fingerprint density at radius 2 is 0.913 bits per heavy atom. The number of carboxylic acid groups (broad SMARTS) is 1. The van der Waals surface area contributed by atoms with E-state index in [-0.39, 0.29) is 12.1 Å². The molecule has 0 aromatic carbocycles. The zero-order valence-electron chi connectivity index (χ0n) is 30.6. The van der Waals surface area contributed by atoms with Gasteiger partial charge >= 0.3 is 11.9 Å². The monoisotopic (exact) mass is 645 g/mol. The van der Waals surface area contributed by atoms with Crippen LogP contribution in [0.15, 0.2) is 36.5 Å². The first-order valence-electron chi connectivity index (χ1n) is 20.0. The molecule has 0 aromatic heterocycles. The van der Waals surface area contributed by atoms with Crippen LogP contribution in [-0.2, 0) is 14.3 Å². The van der Waals surface area contributed by atoms with Gasteiger partial charge in [-0.2, -0.15) is 0 Å². The molecule has 46 heavy (non-hydrogen) atoms. The molecule has 0 aliphatic carbocycles. The van der Waals surface area contributed by atoms with E-state index in [1.54, 1.807) is 0 Å². The van der Waals surface area contributed by atoms with Gasteiger partial charge in [0, 0.05) is 12.8 Å². The Labute approximate surface area is 286 Å². The summed E-state index contributed by atoms with van der Waals surface area (Å²) in [6, 6.07) is 0. The lowest BCUT2D eigenvalue weighted by molar-refractivity contribution is -0.150. The third kappa shape index (κ3) is 36.6. The van der Waals surface area contributed by atoms with E-state index in [9.17, 15) is 9.59 Å². The Morgan fingerprint density at radius 1 is 0.500 bits per heavy atom. The molecule has 0 spiro atoms. The second-order valence-electron chi connectivity index (χ2n) is 13.4. The maximum Gasteiger partial charge on any atom is 0.306 e. The first-order valence-corrected chi connectivity index (χ1v) is 20.0. The van der Waals surface area contributed by atoms with Crippen LogP contribution >= 0.6 is 0 Å². The Hall–Kier alpha value is -1.84. The molecular formula is C42H76O4. The molecule has 0 heterocycles. The third-order valence-electron chi connectivity index (χ3n) is 8.88. The van der Waals surface area contributed by atoms with Crippen molar-refractivity contribution in [1.82, 2.24) is 0 Å². The topological polar surface area (TPSA) is 63.6 Å². The van der Waals surface area contributed by atoms with Gasteiger partial charge in [-0.15, -0.1) is 0 Å². The zero-order chi connectivity index (χ0) is 33.6. The highest BCUT2D eigenvalue weighted by molar-refractivity contribution is 5.69. The van der Waals surface area contributed by atoms with Crippen molar-refractivity contribution in [3.05, 3.63) is 36.5 Å². The van der Waals surface area contributed by atoms with Crippen LogP contribution in [0.2, 0.25) is 0 Å². The second-order valence-corrected chi connectivity index (χ2v) is 13.4. The fourth-order valence-electron chi connectivity index (χ4n) is 5.96. The van der Waals surface area contributed by atoms with Crippen molar-refractivity contribution >= 4 is 11.9 Å².